The number of piperidine rings is 1. The van der Waals surface area contributed by atoms with Crippen LogP contribution in [0.1, 0.15) is 64.4 Å². The highest BCUT2D eigenvalue weighted by molar-refractivity contribution is 7.89. The lowest BCUT2D eigenvalue weighted by Crippen LogP contribution is -2.39. The number of hydrogen-bond acceptors (Lipinski definition) is 7. The summed E-state index contributed by atoms with van der Waals surface area (Å²) in [5.74, 6) is -1.80. The van der Waals surface area contributed by atoms with Crippen LogP contribution in [0.5, 0.6) is 0 Å². The van der Waals surface area contributed by atoms with Crippen molar-refractivity contribution in [1.29, 1.82) is 0 Å². The van der Waals surface area contributed by atoms with Crippen LogP contribution in [0, 0.1) is 5.41 Å². The Morgan fingerprint density at radius 2 is 1.66 bits per heavy atom. The third-order valence-electron chi connectivity index (χ3n) is 6.34. The predicted octanol–water partition coefficient (Wildman–Crippen LogP) is 1.60. The fourth-order valence-corrected chi connectivity index (χ4v) is 5.39. The lowest BCUT2D eigenvalue weighted by molar-refractivity contribution is -0.138. The van der Waals surface area contributed by atoms with Crippen molar-refractivity contribution in [3.63, 3.8) is 0 Å². The molecule has 1 aromatic rings. The molecule has 0 radical (unpaired) electrons. The van der Waals surface area contributed by atoms with E-state index in [9.17, 15) is 33.0 Å². The summed E-state index contributed by atoms with van der Waals surface area (Å²) in [6.07, 6.45) is 2.70. The number of benzene rings is 1. The minimum absolute atomic E-state index is 0.0485. The highest BCUT2D eigenvalue weighted by Gasteiger charge is 2.32. The first-order valence-electron chi connectivity index (χ1n) is 12.2. The normalized spacial score (nSPS) is 16.0. The van der Waals surface area contributed by atoms with Crippen LogP contribution in [-0.2, 0) is 30.8 Å². The average molecular weight is 511 g/mol. The SMILES string of the molecule is CC(C)(CO)[C@@H](O)C(=O)CCCC(=O)C(=O)NCCCc1ccc(S(=O)(=O)N2CCCCC2)cc1. The Balaban J connectivity index is 1.69. The molecular weight excluding hydrogens is 472 g/mol. The first-order valence-corrected chi connectivity index (χ1v) is 13.6. The van der Waals surface area contributed by atoms with Gasteiger partial charge in [-0.3, -0.25) is 14.4 Å². The van der Waals surface area contributed by atoms with Crippen LogP contribution < -0.4 is 5.32 Å². The van der Waals surface area contributed by atoms with E-state index in [-0.39, 0.29) is 30.8 Å². The number of ketones is 2. The number of amides is 1. The van der Waals surface area contributed by atoms with Gasteiger partial charge < -0.3 is 15.5 Å². The molecule has 1 aliphatic heterocycles. The quantitative estimate of drug-likeness (QED) is 0.255. The van der Waals surface area contributed by atoms with Gasteiger partial charge in [0, 0.05) is 37.9 Å². The van der Waals surface area contributed by atoms with Crippen LogP contribution >= 0.6 is 0 Å². The lowest BCUT2D eigenvalue weighted by Gasteiger charge is -2.26. The third-order valence-corrected chi connectivity index (χ3v) is 8.25. The summed E-state index contributed by atoms with van der Waals surface area (Å²) in [7, 11) is -3.46. The van der Waals surface area contributed by atoms with E-state index in [1.54, 1.807) is 38.1 Å². The van der Waals surface area contributed by atoms with Crippen LogP contribution in [0.4, 0.5) is 0 Å². The summed E-state index contributed by atoms with van der Waals surface area (Å²) < 4.78 is 26.9. The second-order valence-electron chi connectivity index (χ2n) is 9.76. The molecule has 0 unspecified atom stereocenters. The van der Waals surface area contributed by atoms with Gasteiger partial charge in [0.25, 0.3) is 5.91 Å². The Hall–Kier alpha value is -2.14. The number of nitrogens with one attached hydrogen (secondary N) is 1. The van der Waals surface area contributed by atoms with Gasteiger partial charge in [0.1, 0.15) is 6.10 Å². The minimum Gasteiger partial charge on any atom is -0.396 e. The molecule has 2 rings (SSSR count). The molecule has 1 aliphatic rings. The number of carbonyl (C=O) groups is 3. The molecule has 1 heterocycles. The molecule has 1 aromatic carbocycles. The second-order valence-corrected chi connectivity index (χ2v) is 11.7. The first-order chi connectivity index (χ1) is 16.5. The Morgan fingerprint density at radius 1 is 1.03 bits per heavy atom. The van der Waals surface area contributed by atoms with Crippen LogP contribution in [-0.4, -0.2) is 72.8 Å². The molecule has 35 heavy (non-hydrogen) atoms. The number of nitrogens with zero attached hydrogens (tertiary/aromatic N) is 1. The number of sulfonamides is 1. The van der Waals surface area contributed by atoms with Crippen molar-refractivity contribution in [3.8, 4) is 0 Å². The maximum absolute atomic E-state index is 12.7. The maximum Gasteiger partial charge on any atom is 0.287 e. The topological polar surface area (TPSA) is 141 Å². The molecule has 0 aliphatic carbocycles. The maximum atomic E-state index is 12.7. The van der Waals surface area contributed by atoms with E-state index in [0.717, 1.165) is 24.8 Å². The van der Waals surface area contributed by atoms with E-state index in [1.165, 1.54) is 4.31 Å². The molecule has 3 N–H and O–H groups in total. The van der Waals surface area contributed by atoms with Crippen molar-refractivity contribution in [2.75, 3.05) is 26.2 Å². The lowest BCUT2D eigenvalue weighted by atomic mass is 9.84. The molecule has 9 nitrogen and oxygen atoms in total. The molecule has 0 aromatic heterocycles. The fraction of sp³-hybridized carbons (Fsp3) is 0.640. The number of hydrogen-bond donors (Lipinski definition) is 3. The van der Waals surface area contributed by atoms with Crippen molar-refractivity contribution in [3.05, 3.63) is 29.8 Å². The molecule has 1 atom stereocenters. The van der Waals surface area contributed by atoms with E-state index in [4.69, 9.17) is 0 Å². The van der Waals surface area contributed by atoms with Crippen LogP contribution in [0.2, 0.25) is 0 Å². The zero-order valence-electron chi connectivity index (χ0n) is 20.7. The van der Waals surface area contributed by atoms with Gasteiger partial charge in [-0.25, -0.2) is 8.42 Å². The molecule has 0 saturated carbocycles. The Kier molecular flexibility index (Phi) is 11.0. The molecule has 1 fully saturated rings. The average Bonchev–Trinajstić information content (AvgIpc) is 2.86. The van der Waals surface area contributed by atoms with Crippen molar-refractivity contribution in [2.24, 2.45) is 5.41 Å². The molecule has 10 heteroatoms. The molecule has 1 saturated heterocycles. The third kappa shape index (κ3) is 8.49. The van der Waals surface area contributed by atoms with Crippen molar-refractivity contribution < 1.29 is 33.0 Å². The standard InChI is InChI=1S/C25H38N2O7S/c1-25(2,18-28)23(31)21(29)9-6-10-22(30)24(32)26-15-7-8-19-11-13-20(14-12-19)35(33,34)27-16-4-3-5-17-27/h11-14,23,28,31H,3-10,15-18H2,1-2H3,(H,26,32)/t23-/m0/s1. The van der Waals surface area contributed by atoms with Crippen molar-refractivity contribution in [1.82, 2.24) is 9.62 Å². The number of carbonyl (C=O) groups excluding carboxylic acids is 3. The summed E-state index contributed by atoms with van der Waals surface area (Å²) >= 11 is 0. The summed E-state index contributed by atoms with van der Waals surface area (Å²) in [5, 5.41) is 21.8. The molecular formula is C25H38N2O7S. The van der Waals surface area contributed by atoms with Gasteiger partial charge >= 0.3 is 0 Å². The van der Waals surface area contributed by atoms with E-state index < -0.39 is 39.0 Å². The van der Waals surface area contributed by atoms with Gasteiger partial charge in [-0.1, -0.05) is 32.4 Å². The van der Waals surface area contributed by atoms with E-state index in [1.807, 2.05) is 0 Å². The summed E-state index contributed by atoms with van der Waals surface area (Å²) in [5.41, 5.74) is -0.0218. The van der Waals surface area contributed by atoms with Gasteiger partial charge in [0.2, 0.25) is 15.8 Å². The van der Waals surface area contributed by atoms with Crippen LogP contribution in [0.3, 0.4) is 0 Å². The molecule has 196 valence electrons. The van der Waals surface area contributed by atoms with Gasteiger partial charge in [-0.05, 0) is 49.8 Å². The highest BCUT2D eigenvalue weighted by Crippen LogP contribution is 2.22. The fourth-order valence-electron chi connectivity index (χ4n) is 3.87. The first kappa shape index (κ1) is 29.1. The van der Waals surface area contributed by atoms with Gasteiger partial charge in [0.15, 0.2) is 5.78 Å². The highest BCUT2D eigenvalue weighted by atomic mass is 32.2. The van der Waals surface area contributed by atoms with E-state index >= 15 is 0 Å². The number of aliphatic hydroxyl groups is 2. The Labute approximate surface area is 208 Å². The largest absolute Gasteiger partial charge is 0.396 e. The smallest absolute Gasteiger partial charge is 0.287 e. The van der Waals surface area contributed by atoms with Crippen LogP contribution in [0.25, 0.3) is 0 Å². The number of aliphatic hydroxyl groups excluding tert-OH is 2. The molecule has 1 amide bonds. The number of rotatable bonds is 14. The molecule has 0 spiro atoms. The van der Waals surface area contributed by atoms with Gasteiger partial charge in [-0.15, -0.1) is 0 Å². The summed E-state index contributed by atoms with van der Waals surface area (Å²) in [6, 6.07) is 6.77. The van der Waals surface area contributed by atoms with Crippen molar-refractivity contribution in [2.45, 2.75) is 76.2 Å². The van der Waals surface area contributed by atoms with Crippen molar-refractivity contribution >= 4 is 27.5 Å². The Morgan fingerprint density at radius 3 is 2.26 bits per heavy atom. The zero-order valence-corrected chi connectivity index (χ0v) is 21.5. The van der Waals surface area contributed by atoms with E-state index in [0.29, 0.717) is 32.5 Å². The minimum atomic E-state index is -3.46. The van der Waals surface area contributed by atoms with Crippen LogP contribution in [0.15, 0.2) is 29.2 Å². The molecule has 0 bridgehead atoms. The van der Waals surface area contributed by atoms with Gasteiger partial charge in [-0.2, -0.15) is 4.31 Å². The monoisotopic (exact) mass is 510 g/mol. The Bertz CT molecular complexity index is 968. The number of Topliss-reactive ketones (excluding diaryl/α,β-unsaturated/α-hetero) is 2. The summed E-state index contributed by atoms with van der Waals surface area (Å²) in [4.78, 5) is 36.2. The van der Waals surface area contributed by atoms with E-state index in [2.05, 4.69) is 5.32 Å². The zero-order chi connectivity index (χ0) is 26.1. The van der Waals surface area contributed by atoms with Gasteiger partial charge in [0.05, 0.1) is 11.5 Å². The predicted molar refractivity (Wildman–Crippen MR) is 131 cm³/mol. The second kappa shape index (κ2) is 13.2. The summed E-state index contributed by atoms with van der Waals surface area (Å²) in [6.45, 7) is 4.20. The number of aryl methyl sites for hydroxylation is 1.